The van der Waals surface area contributed by atoms with Crippen molar-refractivity contribution in [3.8, 4) is 5.69 Å². The van der Waals surface area contributed by atoms with E-state index in [-0.39, 0.29) is 0 Å². The van der Waals surface area contributed by atoms with Crippen LogP contribution in [0.15, 0.2) is 212 Å². The van der Waals surface area contributed by atoms with Crippen molar-refractivity contribution in [3.05, 3.63) is 223 Å². The monoisotopic (exact) mass is 667 g/mol. The van der Waals surface area contributed by atoms with Crippen LogP contribution in [-0.2, 0) is 6.42 Å². The Morgan fingerprint density at radius 3 is 1.31 bits per heavy atom. The molecule has 1 aromatic heterocycles. The van der Waals surface area contributed by atoms with Gasteiger partial charge in [0.25, 0.3) is 0 Å². The Morgan fingerprint density at radius 1 is 0.327 bits per heavy atom. The minimum atomic E-state index is 0.848. The van der Waals surface area contributed by atoms with Gasteiger partial charge in [-0.05, 0) is 102 Å². The summed E-state index contributed by atoms with van der Waals surface area (Å²) < 4.78 is 2.41. The molecule has 0 amide bonds. The quantitative estimate of drug-likeness (QED) is 0.152. The fourth-order valence-corrected chi connectivity index (χ4v) is 7.39. The number of hydrogen-bond acceptors (Lipinski definition) is 2. The highest BCUT2D eigenvalue weighted by Gasteiger charge is 2.21. The Labute approximate surface area is 304 Å². The van der Waals surface area contributed by atoms with Crippen molar-refractivity contribution in [2.75, 3.05) is 9.80 Å². The zero-order valence-electron chi connectivity index (χ0n) is 28.8. The van der Waals surface area contributed by atoms with Crippen molar-refractivity contribution in [1.29, 1.82) is 0 Å². The largest absolute Gasteiger partial charge is 0.311 e. The van der Waals surface area contributed by atoms with Crippen molar-refractivity contribution >= 4 is 55.9 Å². The summed E-state index contributed by atoms with van der Waals surface area (Å²) in [5.41, 5.74) is 12.8. The van der Waals surface area contributed by atoms with Crippen LogP contribution in [0, 0.1) is 0 Å². The van der Waals surface area contributed by atoms with E-state index in [1.54, 1.807) is 0 Å². The third kappa shape index (κ3) is 5.89. The van der Waals surface area contributed by atoms with Crippen LogP contribution in [0.1, 0.15) is 11.1 Å². The average molecular weight is 668 g/mol. The lowest BCUT2D eigenvalue weighted by molar-refractivity contribution is 1.16. The van der Waals surface area contributed by atoms with Gasteiger partial charge in [-0.3, -0.25) is 0 Å². The molecule has 8 aromatic carbocycles. The molecule has 0 bridgehead atoms. The summed E-state index contributed by atoms with van der Waals surface area (Å²) in [5, 5.41) is 2.48. The molecule has 0 atom stereocenters. The van der Waals surface area contributed by atoms with E-state index in [0.717, 1.165) is 46.2 Å². The Bertz CT molecular complexity index is 2520. The molecular formula is C49H37N3. The third-order valence-corrected chi connectivity index (χ3v) is 9.77. The van der Waals surface area contributed by atoms with Gasteiger partial charge >= 0.3 is 0 Å². The van der Waals surface area contributed by atoms with Gasteiger partial charge in [-0.25, -0.2) is 0 Å². The maximum atomic E-state index is 2.41. The van der Waals surface area contributed by atoms with Gasteiger partial charge in [0, 0.05) is 44.9 Å². The Balaban J connectivity index is 1.08. The first-order valence-corrected chi connectivity index (χ1v) is 17.8. The molecule has 3 nitrogen and oxygen atoms in total. The minimum Gasteiger partial charge on any atom is -0.311 e. The molecule has 1 heterocycles. The molecule has 0 aliphatic carbocycles. The number of para-hydroxylation sites is 6. The summed E-state index contributed by atoms with van der Waals surface area (Å²) in [6.07, 6.45) is 0.848. The van der Waals surface area contributed by atoms with Crippen molar-refractivity contribution in [2.45, 2.75) is 6.42 Å². The summed E-state index contributed by atoms with van der Waals surface area (Å²) in [6, 6.07) is 75.9. The number of nitrogens with zero attached hydrogens (tertiary/aromatic N) is 3. The van der Waals surface area contributed by atoms with Crippen LogP contribution < -0.4 is 9.80 Å². The van der Waals surface area contributed by atoms with Gasteiger partial charge in [0.1, 0.15) is 0 Å². The fourth-order valence-electron chi connectivity index (χ4n) is 7.39. The third-order valence-electron chi connectivity index (χ3n) is 9.77. The SMILES string of the molecule is c1ccc(N(c2ccccc2)c2ccc(Cc3ccc(N(c4ccccc4)c4cccc5c6ccccc6n(-c6ccccc6)c45)cc3)cc2)cc1. The predicted molar refractivity (Wildman–Crippen MR) is 219 cm³/mol. The molecule has 0 fully saturated rings. The average Bonchev–Trinajstić information content (AvgIpc) is 3.56. The maximum Gasteiger partial charge on any atom is 0.0782 e. The number of hydrogen-bond donors (Lipinski definition) is 0. The van der Waals surface area contributed by atoms with Gasteiger partial charge in [0.05, 0.1) is 16.7 Å². The Morgan fingerprint density at radius 2 is 0.750 bits per heavy atom. The van der Waals surface area contributed by atoms with E-state index in [4.69, 9.17) is 0 Å². The zero-order chi connectivity index (χ0) is 34.7. The van der Waals surface area contributed by atoms with Crippen LogP contribution in [-0.4, -0.2) is 4.57 Å². The van der Waals surface area contributed by atoms with E-state index in [2.05, 4.69) is 227 Å². The van der Waals surface area contributed by atoms with Crippen LogP contribution >= 0.6 is 0 Å². The van der Waals surface area contributed by atoms with Crippen LogP contribution in [0.25, 0.3) is 27.5 Å². The van der Waals surface area contributed by atoms with Crippen molar-refractivity contribution in [3.63, 3.8) is 0 Å². The van der Waals surface area contributed by atoms with E-state index in [0.29, 0.717) is 0 Å². The summed E-state index contributed by atoms with van der Waals surface area (Å²) in [6.45, 7) is 0. The molecule has 9 rings (SSSR count). The molecule has 3 heteroatoms. The standard InChI is InChI=1S/C49H37N3/c1-5-16-39(17-6-1)50(40-18-7-2-8-19-40)43-32-28-37(29-33-43)36-38-30-34-44(35-31-38)51(41-20-9-3-10-21-41)48-27-15-25-46-45-24-13-14-26-47(45)52(49(46)48)42-22-11-4-12-23-42/h1-35H,36H2. The molecule has 0 saturated heterocycles. The molecule has 248 valence electrons. The first-order valence-electron chi connectivity index (χ1n) is 17.8. The van der Waals surface area contributed by atoms with E-state index >= 15 is 0 Å². The molecule has 0 saturated carbocycles. The maximum absolute atomic E-state index is 2.41. The molecule has 0 spiro atoms. The van der Waals surface area contributed by atoms with Gasteiger partial charge in [-0.15, -0.1) is 0 Å². The Hall–Kier alpha value is -6.84. The minimum absolute atomic E-state index is 0.848. The number of fused-ring (bicyclic) bond motifs is 3. The fraction of sp³-hybridized carbons (Fsp3) is 0.0204. The molecule has 0 N–H and O–H groups in total. The summed E-state index contributed by atoms with van der Waals surface area (Å²) in [7, 11) is 0. The van der Waals surface area contributed by atoms with E-state index in [1.807, 2.05) is 0 Å². The number of benzene rings is 8. The van der Waals surface area contributed by atoms with Crippen molar-refractivity contribution < 1.29 is 0 Å². The van der Waals surface area contributed by atoms with Crippen molar-refractivity contribution in [2.24, 2.45) is 0 Å². The topological polar surface area (TPSA) is 11.4 Å². The first kappa shape index (κ1) is 31.2. The lowest BCUT2D eigenvalue weighted by atomic mass is 10.0. The van der Waals surface area contributed by atoms with E-state index in [1.165, 1.54) is 32.9 Å². The summed E-state index contributed by atoms with van der Waals surface area (Å²) >= 11 is 0. The molecule has 0 aliphatic heterocycles. The lowest BCUT2D eigenvalue weighted by Crippen LogP contribution is -2.11. The van der Waals surface area contributed by atoms with Gasteiger partial charge < -0.3 is 14.4 Å². The number of anilines is 6. The highest BCUT2D eigenvalue weighted by molar-refractivity contribution is 6.14. The van der Waals surface area contributed by atoms with Gasteiger partial charge in [0.2, 0.25) is 0 Å². The first-order chi connectivity index (χ1) is 25.8. The second-order valence-electron chi connectivity index (χ2n) is 13.0. The molecule has 52 heavy (non-hydrogen) atoms. The molecule has 0 aliphatic rings. The van der Waals surface area contributed by atoms with E-state index < -0.39 is 0 Å². The lowest BCUT2D eigenvalue weighted by Gasteiger charge is -2.27. The summed E-state index contributed by atoms with van der Waals surface area (Å²) in [4.78, 5) is 4.69. The molecule has 9 aromatic rings. The summed E-state index contributed by atoms with van der Waals surface area (Å²) in [5.74, 6) is 0. The van der Waals surface area contributed by atoms with Crippen LogP contribution in [0.3, 0.4) is 0 Å². The second kappa shape index (κ2) is 13.8. The molecule has 0 radical (unpaired) electrons. The number of rotatable bonds is 9. The Kier molecular flexibility index (Phi) is 8.28. The van der Waals surface area contributed by atoms with Crippen LogP contribution in [0.5, 0.6) is 0 Å². The highest BCUT2D eigenvalue weighted by atomic mass is 15.2. The van der Waals surface area contributed by atoms with Gasteiger partial charge in [-0.1, -0.05) is 127 Å². The highest BCUT2D eigenvalue weighted by Crippen LogP contribution is 2.43. The van der Waals surface area contributed by atoms with Gasteiger partial charge in [-0.2, -0.15) is 0 Å². The molecular weight excluding hydrogens is 631 g/mol. The zero-order valence-corrected chi connectivity index (χ0v) is 28.8. The van der Waals surface area contributed by atoms with Crippen molar-refractivity contribution in [1.82, 2.24) is 4.57 Å². The smallest absolute Gasteiger partial charge is 0.0782 e. The number of aromatic nitrogens is 1. The normalized spacial score (nSPS) is 11.2. The predicted octanol–water partition coefficient (Wildman–Crippen LogP) is 13.3. The van der Waals surface area contributed by atoms with E-state index in [9.17, 15) is 0 Å². The molecule has 0 unspecified atom stereocenters. The van der Waals surface area contributed by atoms with Crippen LogP contribution in [0.2, 0.25) is 0 Å². The second-order valence-corrected chi connectivity index (χ2v) is 13.0. The van der Waals surface area contributed by atoms with Gasteiger partial charge in [0.15, 0.2) is 0 Å². The van der Waals surface area contributed by atoms with Crippen LogP contribution in [0.4, 0.5) is 34.1 Å².